The summed E-state index contributed by atoms with van der Waals surface area (Å²) in [4.78, 5) is 14.8. The molecule has 0 aliphatic rings. The predicted octanol–water partition coefficient (Wildman–Crippen LogP) is 4.89. The molecule has 2 unspecified atom stereocenters. The second kappa shape index (κ2) is 5.74. The summed E-state index contributed by atoms with van der Waals surface area (Å²) in [5.74, 6) is 0.000534. The zero-order valence-corrected chi connectivity index (χ0v) is 14.1. The molecule has 0 bridgehead atoms. The van der Waals surface area contributed by atoms with Crippen molar-refractivity contribution in [1.29, 1.82) is 0 Å². The van der Waals surface area contributed by atoms with Gasteiger partial charge in [-0.1, -0.05) is 0 Å². The highest BCUT2D eigenvalue weighted by molar-refractivity contribution is 7.12. The number of hydrogen-bond acceptors (Lipinski definition) is 2. The Balaban J connectivity index is 2.45. The number of carbonyl (C=O) groups excluding carboxylic acids is 1. The lowest BCUT2D eigenvalue weighted by Gasteiger charge is -2.17. The van der Waals surface area contributed by atoms with Crippen molar-refractivity contribution in [2.75, 3.05) is 0 Å². The SMILES string of the molecule is Cc1ccc(C(C)n2c(C)cc(C(=O)C(C)Cl)c2C)s1. The molecule has 0 aliphatic heterocycles. The molecule has 2 aromatic rings. The van der Waals surface area contributed by atoms with E-state index in [4.69, 9.17) is 11.6 Å². The maximum atomic E-state index is 12.2. The van der Waals surface area contributed by atoms with Crippen LogP contribution in [0.4, 0.5) is 0 Å². The molecule has 0 aromatic carbocycles. The topological polar surface area (TPSA) is 22.0 Å². The van der Waals surface area contributed by atoms with Crippen LogP contribution in [0.1, 0.15) is 51.4 Å². The Hall–Kier alpha value is -1.06. The fourth-order valence-electron chi connectivity index (χ4n) is 2.64. The van der Waals surface area contributed by atoms with Gasteiger partial charge in [0.1, 0.15) is 0 Å². The molecule has 4 heteroatoms. The van der Waals surface area contributed by atoms with Gasteiger partial charge in [-0.2, -0.15) is 0 Å². The first-order chi connectivity index (χ1) is 9.32. The van der Waals surface area contributed by atoms with Crippen LogP contribution < -0.4 is 0 Å². The van der Waals surface area contributed by atoms with Crippen molar-refractivity contribution in [2.24, 2.45) is 0 Å². The molecule has 0 spiro atoms. The van der Waals surface area contributed by atoms with Gasteiger partial charge in [-0.05, 0) is 52.8 Å². The number of halogens is 1. The molecule has 2 heterocycles. The van der Waals surface area contributed by atoms with Crippen LogP contribution in [0, 0.1) is 20.8 Å². The number of Topliss-reactive ketones (excluding diaryl/α,β-unsaturated/α-hetero) is 1. The third-order valence-electron chi connectivity index (χ3n) is 3.67. The minimum atomic E-state index is -0.483. The molecule has 0 radical (unpaired) electrons. The molecule has 0 saturated carbocycles. The van der Waals surface area contributed by atoms with Gasteiger partial charge in [0.25, 0.3) is 0 Å². The minimum Gasteiger partial charge on any atom is -0.341 e. The summed E-state index contributed by atoms with van der Waals surface area (Å²) in [5, 5.41) is -0.483. The van der Waals surface area contributed by atoms with Gasteiger partial charge in [0.15, 0.2) is 5.78 Å². The molecule has 2 rings (SSSR count). The van der Waals surface area contributed by atoms with Crippen LogP contribution in [-0.2, 0) is 0 Å². The Morgan fingerprint density at radius 2 is 1.90 bits per heavy atom. The van der Waals surface area contributed by atoms with E-state index in [-0.39, 0.29) is 11.8 Å². The van der Waals surface area contributed by atoms with E-state index < -0.39 is 5.38 Å². The normalized spacial score (nSPS) is 14.3. The number of carbonyl (C=O) groups is 1. The quantitative estimate of drug-likeness (QED) is 0.582. The number of hydrogen-bond donors (Lipinski definition) is 0. The maximum Gasteiger partial charge on any atom is 0.182 e. The van der Waals surface area contributed by atoms with Crippen molar-refractivity contribution >= 4 is 28.7 Å². The summed E-state index contributed by atoms with van der Waals surface area (Å²) in [7, 11) is 0. The van der Waals surface area contributed by atoms with Crippen LogP contribution in [0.5, 0.6) is 0 Å². The van der Waals surface area contributed by atoms with Crippen molar-refractivity contribution in [3.8, 4) is 0 Å². The highest BCUT2D eigenvalue weighted by atomic mass is 35.5. The summed E-state index contributed by atoms with van der Waals surface area (Å²) >= 11 is 7.74. The molecule has 2 atom stereocenters. The number of alkyl halides is 1. The minimum absolute atomic E-state index is 0.000534. The largest absolute Gasteiger partial charge is 0.341 e. The summed E-state index contributed by atoms with van der Waals surface area (Å²) in [6.45, 7) is 10.0. The molecule has 0 N–H and O–H groups in total. The Morgan fingerprint density at radius 1 is 1.25 bits per heavy atom. The molecule has 20 heavy (non-hydrogen) atoms. The fourth-order valence-corrected chi connectivity index (χ4v) is 3.68. The van der Waals surface area contributed by atoms with Gasteiger partial charge in [0, 0.05) is 26.7 Å². The highest BCUT2D eigenvalue weighted by Gasteiger charge is 2.22. The lowest BCUT2D eigenvalue weighted by Crippen LogP contribution is -2.13. The molecule has 0 aliphatic carbocycles. The van der Waals surface area contributed by atoms with Gasteiger partial charge in [-0.25, -0.2) is 0 Å². The van der Waals surface area contributed by atoms with E-state index in [1.807, 2.05) is 19.9 Å². The van der Waals surface area contributed by atoms with E-state index >= 15 is 0 Å². The van der Waals surface area contributed by atoms with Crippen LogP contribution in [0.15, 0.2) is 18.2 Å². The van der Waals surface area contributed by atoms with E-state index in [0.29, 0.717) is 0 Å². The van der Waals surface area contributed by atoms with Crippen LogP contribution in [0.3, 0.4) is 0 Å². The first-order valence-corrected chi connectivity index (χ1v) is 8.01. The molecule has 0 saturated heterocycles. The lowest BCUT2D eigenvalue weighted by atomic mass is 10.1. The molecule has 0 amide bonds. The van der Waals surface area contributed by atoms with Crippen LogP contribution in [0.25, 0.3) is 0 Å². The molecule has 0 fully saturated rings. The van der Waals surface area contributed by atoms with Crippen molar-refractivity contribution in [2.45, 2.75) is 46.0 Å². The molecular weight excluding hydrogens is 290 g/mol. The van der Waals surface area contributed by atoms with Gasteiger partial charge in [0.05, 0.1) is 11.4 Å². The molecule has 108 valence electrons. The second-order valence-corrected chi connectivity index (χ2v) is 7.23. The van der Waals surface area contributed by atoms with Gasteiger partial charge in [-0.15, -0.1) is 22.9 Å². The number of nitrogens with zero attached hydrogens (tertiary/aromatic N) is 1. The van der Waals surface area contributed by atoms with E-state index in [2.05, 4.69) is 30.5 Å². The Bertz CT molecular complexity index is 639. The van der Waals surface area contributed by atoms with Gasteiger partial charge < -0.3 is 4.57 Å². The van der Waals surface area contributed by atoms with Crippen molar-refractivity contribution in [3.05, 3.63) is 44.9 Å². The molecular formula is C16H20ClNOS. The summed E-state index contributed by atoms with van der Waals surface area (Å²) in [5.41, 5.74) is 2.84. The van der Waals surface area contributed by atoms with E-state index in [0.717, 1.165) is 17.0 Å². The lowest BCUT2D eigenvalue weighted by molar-refractivity contribution is 0.0991. The van der Waals surface area contributed by atoms with Crippen LogP contribution in [-0.4, -0.2) is 15.7 Å². The first kappa shape index (κ1) is 15.3. The number of ketones is 1. The zero-order valence-electron chi connectivity index (χ0n) is 12.5. The average molecular weight is 310 g/mol. The Morgan fingerprint density at radius 3 is 2.40 bits per heavy atom. The van der Waals surface area contributed by atoms with Crippen LogP contribution >= 0.6 is 22.9 Å². The summed E-state index contributed by atoms with van der Waals surface area (Å²) in [6.07, 6.45) is 0. The third-order valence-corrected chi connectivity index (χ3v) is 5.04. The number of rotatable bonds is 4. The fraction of sp³-hybridized carbons (Fsp3) is 0.438. The summed E-state index contributed by atoms with van der Waals surface area (Å²) < 4.78 is 2.22. The van der Waals surface area contributed by atoms with Gasteiger partial charge in [0.2, 0.25) is 0 Å². The number of aryl methyl sites for hydroxylation is 2. The molecule has 2 aromatic heterocycles. The summed E-state index contributed by atoms with van der Waals surface area (Å²) in [6, 6.07) is 6.49. The highest BCUT2D eigenvalue weighted by Crippen LogP contribution is 2.30. The number of thiophene rings is 1. The van der Waals surface area contributed by atoms with Crippen molar-refractivity contribution < 1.29 is 4.79 Å². The number of aromatic nitrogens is 1. The van der Waals surface area contributed by atoms with Gasteiger partial charge in [-0.3, -0.25) is 4.79 Å². The van der Waals surface area contributed by atoms with Crippen molar-refractivity contribution in [1.82, 2.24) is 4.57 Å². The predicted molar refractivity (Wildman–Crippen MR) is 86.4 cm³/mol. The van der Waals surface area contributed by atoms with Crippen molar-refractivity contribution in [3.63, 3.8) is 0 Å². The van der Waals surface area contributed by atoms with Gasteiger partial charge >= 0.3 is 0 Å². The van der Waals surface area contributed by atoms with E-state index in [9.17, 15) is 4.79 Å². The first-order valence-electron chi connectivity index (χ1n) is 6.76. The zero-order chi connectivity index (χ0) is 15.0. The van der Waals surface area contributed by atoms with Crippen LogP contribution in [0.2, 0.25) is 0 Å². The van der Waals surface area contributed by atoms with E-state index in [1.54, 1.807) is 18.3 Å². The van der Waals surface area contributed by atoms with E-state index in [1.165, 1.54) is 9.75 Å². The smallest absolute Gasteiger partial charge is 0.182 e. The maximum absolute atomic E-state index is 12.2. The third kappa shape index (κ3) is 2.70. The Kier molecular flexibility index (Phi) is 4.40. The molecule has 2 nitrogen and oxygen atoms in total. The standard InChI is InChI=1S/C16H20ClNOS/c1-9-8-14(16(19)11(3)17)12(4)18(9)13(5)15-7-6-10(2)20-15/h6-8,11,13H,1-5H3. The Labute approximate surface area is 129 Å². The second-order valence-electron chi connectivity index (χ2n) is 5.26. The average Bonchev–Trinajstić information content (AvgIpc) is 2.92. The monoisotopic (exact) mass is 309 g/mol.